The summed E-state index contributed by atoms with van der Waals surface area (Å²) in [4.78, 5) is 13.9. The van der Waals surface area contributed by atoms with Crippen LogP contribution < -0.4 is 10.2 Å². The molecule has 1 saturated heterocycles. The highest BCUT2D eigenvalue weighted by atomic mass is 16.4. The number of nitrogens with one attached hydrogen (secondary N) is 1. The molecule has 1 aliphatic heterocycles. The van der Waals surface area contributed by atoms with Crippen LogP contribution in [0.2, 0.25) is 0 Å². The standard InChI is InChI=1S/C23H27N3O2/c1-14-11-15(2)22(17(4)21(14)23(27)28)25-19-9-10-26(13-16(19)3)20-8-6-5-7-18(20)12-24/h5-8,11,16,19,25H,9-10,13H2,1-4H3,(H,27,28). The fraction of sp³-hybridized carbons (Fsp3) is 0.391. The summed E-state index contributed by atoms with van der Waals surface area (Å²) in [6.07, 6.45) is 0.927. The Morgan fingerprint density at radius 1 is 1.25 bits per heavy atom. The monoisotopic (exact) mass is 377 g/mol. The second-order valence-electron chi connectivity index (χ2n) is 7.78. The predicted octanol–water partition coefficient (Wildman–Crippen LogP) is 4.51. The van der Waals surface area contributed by atoms with Crippen LogP contribution >= 0.6 is 0 Å². The normalized spacial score (nSPS) is 19.2. The molecule has 0 aromatic heterocycles. The first-order chi connectivity index (χ1) is 13.3. The molecule has 1 aliphatic rings. The summed E-state index contributed by atoms with van der Waals surface area (Å²) in [6.45, 7) is 9.67. The minimum Gasteiger partial charge on any atom is -0.478 e. The summed E-state index contributed by atoms with van der Waals surface area (Å²) in [5, 5.41) is 22.6. The number of aromatic carboxylic acids is 1. The van der Waals surface area contributed by atoms with Gasteiger partial charge in [-0.15, -0.1) is 0 Å². The fourth-order valence-electron chi connectivity index (χ4n) is 4.34. The Bertz CT molecular complexity index is 946. The van der Waals surface area contributed by atoms with Crippen LogP contribution in [0.15, 0.2) is 30.3 Å². The number of carbonyl (C=O) groups is 1. The zero-order chi connectivity index (χ0) is 20.4. The third kappa shape index (κ3) is 3.68. The number of hydrogen-bond donors (Lipinski definition) is 2. The SMILES string of the molecule is Cc1cc(C)c(C(=O)O)c(C)c1NC1CCN(c2ccccc2C#N)CC1C. The van der Waals surface area contributed by atoms with E-state index in [1.807, 2.05) is 51.1 Å². The molecule has 1 fully saturated rings. The van der Waals surface area contributed by atoms with Crippen molar-refractivity contribution < 1.29 is 9.90 Å². The largest absolute Gasteiger partial charge is 0.478 e. The van der Waals surface area contributed by atoms with E-state index in [0.29, 0.717) is 17.0 Å². The molecule has 2 aromatic rings. The Kier molecular flexibility index (Phi) is 5.60. The Morgan fingerprint density at radius 3 is 2.61 bits per heavy atom. The maximum atomic E-state index is 11.7. The highest BCUT2D eigenvalue weighted by molar-refractivity contribution is 5.93. The average Bonchev–Trinajstić information content (AvgIpc) is 2.65. The molecule has 146 valence electrons. The van der Waals surface area contributed by atoms with Crippen molar-refractivity contribution in [3.05, 3.63) is 58.1 Å². The van der Waals surface area contributed by atoms with E-state index in [0.717, 1.165) is 47.6 Å². The zero-order valence-electron chi connectivity index (χ0n) is 16.9. The van der Waals surface area contributed by atoms with Gasteiger partial charge in [0.25, 0.3) is 0 Å². The number of rotatable bonds is 4. The molecule has 0 saturated carbocycles. The molecule has 0 bridgehead atoms. The topological polar surface area (TPSA) is 76.4 Å². The van der Waals surface area contributed by atoms with Crippen molar-refractivity contribution in [1.29, 1.82) is 5.26 Å². The van der Waals surface area contributed by atoms with E-state index in [2.05, 4.69) is 23.2 Å². The number of hydrogen-bond acceptors (Lipinski definition) is 4. The molecule has 3 rings (SSSR count). The van der Waals surface area contributed by atoms with Gasteiger partial charge in [-0.25, -0.2) is 4.79 Å². The number of carboxylic acid groups (broad SMARTS) is 1. The summed E-state index contributed by atoms with van der Waals surface area (Å²) >= 11 is 0. The zero-order valence-corrected chi connectivity index (χ0v) is 16.9. The first kappa shape index (κ1) is 19.8. The van der Waals surface area contributed by atoms with Gasteiger partial charge in [0, 0.05) is 24.8 Å². The predicted molar refractivity (Wildman–Crippen MR) is 112 cm³/mol. The lowest BCUT2D eigenvalue weighted by Crippen LogP contribution is -2.45. The Hall–Kier alpha value is -3.00. The number of piperidine rings is 1. The third-order valence-electron chi connectivity index (χ3n) is 5.79. The van der Waals surface area contributed by atoms with Gasteiger partial charge in [0.1, 0.15) is 6.07 Å². The van der Waals surface area contributed by atoms with Crippen molar-refractivity contribution in [2.45, 2.75) is 40.2 Å². The van der Waals surface area contributed by atoms with E-state index < -0.39 is 5.97 Å². The van der Waals surface area contributed by atoms with Crippen LogP contribution in [-0.4, -0.2) is 30.2 Å². The van der Waals surface area contributed by atoms with Crippen LogP contribution in [0.1, 0.15) is 46.0 Å². The van der Waals surface area contributed by atoms with E-state index in [1.165, 1.54) is 0 Å². The van der Waals surface area contributed by atoms with Gasteiger partial charge in [-0.3, -0.25) is 0 Å². The van der Waals surface area contributed by atoms with Crippen LogP contribution in [0.5, 0.6) is 0 Å². The van der Waals surface area contributed by atoms with Crippen LogP contribution in [-0.2, 0) is 0 Å². The molecule has 5 nitrogen and oxygen atoms in total. The summed E-state index contributed by atoms with van der Waals surface area (Å²) < 4.78 is 0. The van der Waals surface area contributed by atoms with Gasteiger partial charge in [0.15, 0.2) is 0 Å². The first-order valence-electron chi connectivity index (χ1n) is 9.68. The number of anilines is 2. The van der Waals surface area contributed by atoms with E-state index in [1.54, 1.807) is 0 Å². The summed E-state index contributed by atoms with van der Waals surface area (Å²) in [7, 11) is 0. The number of nitrogens with zero attached hydrogens (tertiary/aromatic N) is 2. The summed E-state index contributed by atoms with van der Waals surface area (Å²) in [5.41, 5.74) is 5.69. The van der Waals surface area contributed by atoms with Gasteiger partial charge in [-0.05, 0) is 61.9 Å². The molecule has 2 atom stereocenters. The van der Waals surface area contributed by atoms with E-state index in [9.17, 15) is 15.2 Å². The third-order valence-corrected chi connectivity index (χ3v) is 5.79. The molecule has 2 N–H and O–H groups in total. The van der Waals surface area contributed by atoms with Crippen molar-refractivity contribution in [3.8, 4) is 6.07 Å². The number of nitriles is 1. The van der Waals surface area contributed by atoms with Gasteiger partial charge >= 0.3 is 5.97 Å². The van der Waals surface area contributed by atoms with Crippen LogP contribution in [0.3, 0.4) is 0 Å². The van der Waals surface area contributed by atoms with Crippen LogP contribution in [0.4, 0.5) is 11.4 Å². The van der Waals surface area contributed by atoms with Gasteiger partial charge in [-0.1, -0.05) is 25.1 Å². The Balaban J connectivity index is 1.81. The molecular weight excluding hydrogens is 350 g/mol. The fourth-order valence-corrected chi connectivity index (χ4v) is 4.34. The average molecular weight is 377 g/mol. The van der Waals surface area contributed by atoms with Crippen LogP contribution in [0.25, 0.3) is 0 Å². The van der Waals surface area contributed by atoms with E-state index >= 15 is 0 Å². The Morgan fingerprint density at radius 2 is 1.96 bits per heavy atom. The second-order valence-corrected chi connectivity index (χ2v) is 7.78. The number of benzene rings is 2. The molecule has 0 aliphatic carbocycles. The van der Waals surface area contributed by atoms with Crippen molar-refractivity contribution in [2.24, 2.45) is 5.92 Å². The number of aryl methyl sites for hydroxylation is 2. The lowest BCUT2D eigenvalue weighted by atomic mass is 9.91. The van der Waals surface area contributed by atoms with Gasteiger partial charge in [0.2, 0.25) is 0 Å². The molecule has 2 aromatic carbocycles. The smallest absolute Gasteiger partial charge is 0.336 e. The summed E-state index contributed by atoms with van der Waals surface area (Å²) in [6, 6.07) is 12.2. The van der Waals surface area contributed by atoms with Gasteiger partial charge < -0.3 is 15.3 Å². The lowest BCUT2D eigenvalue weighted by molar-refractivity contribution is 0.0695. The quantitative estimate of drug-likeness (QED) is 0.820. The van der Waals surface area contributed by atoms with E-state index in [-0.39, 0.29) is 6.04 Å². The summed E-state index contributed by atoms with van der Waals surface area (Å²) in [5.74, 6) is -0.525. The molecular formula is C23H27N3O2. The van der Waals surface area contributed by atoms with Crippen LogP contribution in [0, 0.1) is 38.0 Å². The molecule has 0 radical (unpaired) electrons. The maximum absolute atomic E-state index is 11.7. The minimum absolute atomic E-state index is 0.257. The molecule has 5 heteroatoms. The molecule has 0 spiro atoms. The molecule has 1 heterocycles. The number of carboxylic acids is 1. The molecule has 0 amide bonds. The first-order valence-corrected chi connectivity index (χ1v) is 9.68. The Labute approximate surface area is 166 Å². The second kappa shape index (κ2) is 7.93. The minimum atomic E-state index is -0.881. The lowest BCUT2D eigenvalue weighted by Gasteiger charge is -2.40. The molecule has 2 unspecified atom stereocenters. The highest BCUT2D eigenvalue weighted by Gasteiger charge is 2.28. The number of para-hydroxylation sites is 1. The van der Waals surface area contributed by atoms with Crippen molar-refractivity contribution in [1.82, 2.24) is 0 Å². The van der Waals surface area contributed by atoms with Crippen molar-refractivity contribution >= 4 is 17.3 Å². The van der Waals surface area contributed by atoms with Gasteiger partial charge in [-0.2, -0.15) is 5.26 Å². The van der Waals surface area contributed by atoms with E-state index in [4.69, 9.17) is 0 Å². The maximum Gasteiger partial charge on any atom is 0.336 e. The van der Waals surface area contributed by atoms with Gasteiger partial charge in [0.05, 0.1) is 16.8 Å². The van der Waals surface area contributed by atoms with Crippen molar-refractivity contribution in [3.63, 3.8) is 0 Å². The highest BCUT2D eigenvalue weighted by Crippen LogP contribution is 2.32. The molecule has 28 heavy (non-hydrogen) atoms. The van der Waals surface area contributed by atoms with Crippen molar-refractivity contribution in [2.75, 3.05) is 23.3 Å².